The molecular formula is C15H27N3O. The Hall–Kier alpha value is -1.13. The van der Waals surface area contributed by atoms with Gasteiger partial charge < -0.3 is 10.6 Å². The van der Waals surface area contributed by atoms with Gasteiger partial charge in [-0.05, 0) is 19.8 Å². The van der Waals surface area contributed by atoms with Crippen molar-refractivity contribution in [2.75, 3.05) is 26.2 Å². The number of amides is 1. The van der Waals surface area contributed by atoms with Crippen molar-refractivity contribution in [2.45, 2.75) is 38.3 Å². The average Bonchev–Trinajstić information content (AvgIpc) is 2.40. The van der Waals surface area contributed by atoms with Gasteiger partial charge in [0.1, 0.15) is 0 Å². The van der Waals surface area contributed by atoms with E-state index >= 15 is 0 Å². The minimum Gasteiger partial charge on any atom is -0.334 e. The zero-order valence-corrected chi connectivity index (χ0v) is 12.1. The third-order valence-electron chi connectivity index (χ3n) is 3.84. The normalized spacial score (nSPS) is 23.9. The topological polar surface area (TPSA) is 49.6 Å². The van der Waals surface area contributed by atoms with Crippen molar-refractivity contribution in [1.29, 1.82) is 0 Å². The van der Waals surface area contributed by atoms with Crippen LogP contribution in [-0.2, 0) is 4.79 Å². The van der Waals surface area contributed by atoms with E-state index in [0.29, 0.717) is 38.3 Å². The first-order valence-electron chi connectivity index (χ1n) is 7.09. The molecule has 0 saturated carbocycles. The molecule has 4 heteroatoms. The monoisotopic (exact) mass is 265 g/mol. The number of hydrogen-bond donors (Lipinski definition) is 1. The van der Waals surface area contributed by atoms with Crippen LogP contribution >= 0.6 is 0 Å². The van der Waals surface area contributed by atoms with Crippen LogP contribution in [0.3, 0.4) is 0 Å². The highest BCUT2D eigenvalue weighted by molar-refractivity contribution is 5.78. The summed E-state index contributed by atoms with van der Waals surface area (Å²) in [6.07, 6.45) is 6.95. The second-order valence-corrected chi connectivity index (χ2v) is 5.22. The van der Waals surface area contributed by atoms with E-state index in [4.69, 9.17) is 5.73 Å². The van der Waals surface area contributed by atoms with Crippen LogP contribution in [0.5, 0.6) is 0 Å². The van der Waals surface area contributed by atoms with Crippen molar-refractivity contribution >= 4 is 5.91 Å². The number of likely N-dealkylation sites (tertiary alicyclic amines) is 1. The molecule has 2 N–H and O–H groups in total. The maximum absolute atomic E-state index is 12.3. The molecule has 1 heterocycles. The van der Waals surface area contributed by atoms with Crippen molar-refractivity contribution in [2.24, 2.45) is 5.73 Å². The fourth-order valence-corrected chi connectivity index (χ4v) is 2.72. The molecule has 0 aliphatic carbocycles. The molecule has 1 amide bonds. The number of carbonyl (C=O) groups excluding carboxylic acids is 1. The highest BCUT2D eigenvalue weighted by Crippen LogP contribution is 2.22. The van der Waals surface area contributed by atoms with Crippen molar-refractivity contribution in [3.8, 4) is 0 Å². The average molecular weight is 265 g/mol. The molecule has 0 aromatic rings. The van der Waals surface area contributed by atoms with Crippen LogP contribution in [-0.4, -0.2) is 54.0 Å². The zero-order valence-electron chi connectivity index (χ0n) is 12.1. The van der Waals surface area contributed by atoms with Crippen molar-refractivity contribution in [1.82, 2.24) is 9.80 Å². The van der Waals surface area contributed by atoms with E-state index in [9.17, 15) is 4.79 Å². The number of nitrogens with two attached hydrogens (primary N) is 1. The lowest BCUT2D eigenvalue weighted by molar-refractivity contribution is -0.133. The van der Waals surface area contributed by atoms with Gasteiger partial charge in [-0.2, -0.15) is 0 Å². The predicted molar refractivity (Wildman–Crippen MR) is 79.8 cm³/mol. The van der Waals surface area contributed by atoms with Crippen LogP contribution < -0.4 is 5.73 Å². The second kappa shape index (κ2) is 8.12. The Morgan fingerprint density at radius 3 is 2.53 bits per heavy atom. The number of hydrogen-bond acceptors (Lipinski definition) is 3. The predicted octanol–water partition coefficient (Wildman–Crippen LogP) is 1.39. The van der Waals surface area contributed by atoms with Crippen LogP contribution in [0.4, 0.5) is 0 Å². The first-order valence-corrected chi connectivity index (χ1v) is 7.09. The van der Waals surface area contributed by atoms with Crippen LogP contribution in [0.25, 0.3) is 0 Å². The van der Waals surface area contributed by atoms with Gasteiger partial charge in [-0.25, -0.2) is 0 Å². The molecule has 4 nitrogen and oxygen atoms in total. The zero-order chi connectivity index (χ0) is 14.3. The number of nitrogens with zero attached hydrogens (tertiary/aromatic N) is 2. The molecule has 2 atom stereocenters. The van der Waals surface area contributed by atoms with Crippen molar-refractivity contribution < 1.29 is 4.79 Å². The molecule has 0 aromatic heterocycles. The Kier molecular flexibility index (Phi) is 6.81. The molecule has 2 unspecified atom stereocenters. The lowest BCUT2D eigenvalue weighted by Gasteiger charge is -2.40. The SMILES string of the molecule is C=CCN(CC=C)C(=O)CN1C(C)CCCC1CN. The van der Waals surface area contributed by atoms with Gasteiger partial charge in [-0.3, -0.25) is 9.69 Å². The first-order chi connectivity index (χ1) is 9.13. The minimum atomic E-state index is 0.131. The van der Waals surface area contributed by atoms with Crippen LogP contribution in [0.1, 0.15) is 26.2 Å². The third-order valence-corrected chi connectivity index (χ3v) is 3.84. The molecule has 1 fully saturated rings. The third kappa shape index (κ3) is 4.48. The highest BCUT2D eigenvalue weighted by atomic mass is 16.2. The summed E-state index contributed by atoms with van der Waals surface area (Å²) in [5.41, 5.74) is 5.83. The Bertz CT molecular complexity index is 307. The van der Waals surface area contributed by atoms with Crippen LogP contribution in [0.15, 0.2) is 25.3 Å². The van der Waals surface area contributed by atoms with Gasteiger partial charge in [0.05, 0.1) is 6.54 Å². The van der Waals surface area contributed by atoms with Crippen molar-refractivity contribution in [3.63, 3.8) is 0 Å². The molecule has 1 aliphatic rings. The van der Waals surface area contributed by atoms with E-state index in [-0.39, 0.29) is 5.91 Å². The molecule has 1 aliphatic heterocycles. The lowest BCUT2D eigenvalue weighted by Crippen LogP contribution is -2.53. The molecule has 0 bridgehead atoms. The maximum Gasteiger partial charge on any atom is 0.237 e. The summed E-state index contributed by atoms with van der Waals surface area (Å²) in [7, 11) is 0. The van der Waals surface area contributed by atoms with Gasteiger partial charge in [0, 0.05) is 31.7 Å². The van der Waals surface area contributed by atoms with Gasteiger partial charge in [-0.1, -0.05) is 18.6 Å². The fraction of sp³-hybridized carbons (Fsp3) is 0.667. The van der Waals surface area contributed by atoms with Crippen LogP contribution in [0, 0.1) is 0 Å². The number of piperidine rings is 1. The standard InChI is InChI=1S/C15H27N3O/c1-4-9-17(10-5-2)15(19)12-18-13(3)7-6-8-14(18)11-16/h4-5,13-14H,1-2,6-12,16H2,3H3. The molecule has 0 aromatic carbocycles. The van der Waals surface area contributed by atoms with E-state index in [1.54, 1.807) is 17.1 Å². The molecule has 108 valence electrons. The first kappa shape index (κ1) is 15.9. The number of carbonyl (C=O) groups is 1. The van der Waals surface area contributed by atoms with Crippen LogP contribution in [0.2, 0.25) is 0 Å². The minimum absolute atomic E-state index is 0.131. The maximum atomic E-state index is 12.3. The van der Waals surface area contributed by atoms with Gasteiger partial charge >= 0.3 is 0 Å². The van der Waals surface area contributed by atoms with E-state index in [2.05, 4.69) is 25.0 Å². The Morgan fingerprint density at radius 2 is 2.00 bits per heavy atom. The lowest BCUT2D eigenvalue weighted by atomic mass is 9.96. The summed E-state index contributed by atoms with van der Waals surface area (Å²) in [6.45, 7) is 11.8. The fourth-order valence-electron chi connectivity index (χ4n) is 2.72. The van der Waals surface area contributed by atoms with E-state index in [0.717, 1.165) is 12.8 Å². The number of rotatable bonds is 7. The summed E-state index contributed by atoms with van der Waals surface area (Å²) in [5.74, 6) is 0.131. The van der Waals surface area contributed by atoms with E-state index < -0.39 is 0 Å². The van der Waals surface area contributed by atoms with E-state index in [1.165, 1.54) is 6.42 Å². The molecule has 19 heavy (non-hydrogen) atoms. The summed E-state index contributed by atoms with van der Waals surface area (Å²) in [5, 5.41) is 0. The Balaban J connectivity index is 2.65. The Morgan fingerprint density at radius 1 is 1.37 bits per heavy atom. The summed E-state index contributed by atoms with van der Waals surface area (Å²) in [4.78, 5) is 16.4. The second-order valence-electron chi connectivity index (χ2n) is 5.22. The molecule has 1 saturated heterocycles. The molecular weight excluding hydrogens is 238 g/mol. The van der Waals surface area contributed by atoms with Gasteiger partial charge in [0.25, 0.3) is 0 Å². The summed E-state index contributed by atoms with van der Waals surface area (Å²) >= 11 is 0. The smallest absolute Gasteiger partial charge is 0.237 e. The largest absolute Gasteiger partial charge is 0.334 e. The highest BCUT2D eigenvalue weighted by Gasteiger charge is 2.29. The van der Waals surface area contributed by atoms with Gasteiger partial charge in [0.2, 0.25) is 5.91 Å². The molecule has 0 radical (unpaired) electrons. The van der Waals surface area contributed by atoms with Gasteiger partial charge in [-0.15, -0.1) is 13.2 Å². The van der Waals surface area contributed by atoms with Gasteiger partial charge in [0.15, 0.2) is 0 Å². The molecule has 1 rings (SSSR count). The summed E-state index contributed by atoms with van der Waals surface area (Å²) < 4.78 is 0. The summed E-state index contributed by atoms with van der Waals surface area (Å²) in [6, 6.07) is 0.766. The quantitative estimate of drug-likeness (QED) is 0.708. The van der Waals surface area contributed by atoms with Crippen molar-refractivity contribution in [3.05, 3.63) is 25.3 Å². The van der Waals surface area contributed by atoms with E-state index in [1.807, 2.05) is 0 Å². The Labute approximate surface area is 116 Å². The molecule has 0 spiro atoms.